The van der Waals surface area contributed by atoms with Gasteiger partial charge >= 0.3 is 0 Å². The quantitative estimate of drug-likeness (QED) is 0.451. The minimum Gasteiger partial charge on any atom is -0.444 e. The van der Waals surface area contributed by atoms with Crippen LogP contribution in [0.4, 0.5) is 0 Å². The van der Waals surface area contributed by atoms with Crippen molar-refractivity contribution in [3.63, 3.8) is 0 Å². The minimum absolute atomic E-state index is 0.0406. The number of likely N-dealkylation sites (N-methyl/N-ethyl adjacent to an activating group) is 1. The molecular weight excluding hydrogens is 330 g/mol. The maximum absolute atomic E-state index is 11.7. The number of benzene rings is 1. The lowest BCUT2D eigenvalue weighted by atomic mass is 10.1. The van der Waals surface area contributed by atoms with Crippen LogP contribution in [0.2, 0.25) is 0 Å². The van der Waals surface area contributed by atoms with E-state index in [9.17, 15) is 4.79 Å². The highest BCUT2D eigenvalue weighted by atomic mass is 16.3. The molecule has 1 aromatic heterocycles. The summed E-state index contributed by atoms with van der Waals surface area (Å²) in [5.74, 6) is 1.03. The summed E-state index contributed by atoms with van der Waals surface area (Å²) in [5, 5.41) is 6.06. The van der Waals surface area contributed by atoms with Gasteiger partial charge in [-0.25, -0.2) is 9.98 Å². The Morgan fingerprint density at radius 1 is 1.31 bits per heavy atom. The Labute approximate surface area is 153 Å². The first kappa shape index (κ1) is 19.2. The summed E-state index contributed by atoms with van der Waals surface area (Å²) in [7, 11) is 3.42. The Morgan fingerprint density at radius 2 is 2.04 bits per heavy atom. The third-order valence-electron chi connectivity index (χ3n) is 3.57. The Kier molecular flexibility index (Phi) is 6.96. The van der Waals surface area contributed by atoms with E-state index < -0.39 is 0 Å². The van der Waals surface area contributed by atoms with Gasteiger partial charge in [-0.15, -0.1) is 6.58 Å². The fourth-order valence-electron chi connectivity index (χ4n) is 2.03. The number of guanidine groups is 1. The molecule has 7 nitrogen and oxygen atoms in total. The van der Waals surface area contributed by atoms with Crippen molar-refractivity contribution in [1.82, 2.24) is 20.5 Å². The van der Waals surface area contributed by atoms with Gasteiger partial charge in [-0.05, 0) is 19.1 Å². The SMILES string of the molecule is C=CCNC(=NCc1coc(-c2ccc(C)cc2)n1)NCC(=O)N(C)C. The summed E-state index contributed by atoms with van der Waals surface area (Å²) in [5.41, 5.74) is 2.81. The van der Waals surface area contributed by atoms with Gasteiger partial charge in [0.1, 0.15) is 12.0 Å². The number of nitrogens with one attached hydrogen (secondary N) is 2. The van der Waals surface area contributed by atoms with Crippen LogP contribution in [0, 0.1) is 6.92 Å². The van der Waals surface area contributed by atoms with Crippen molar-refractivity contribution in [3.05, 3.63) is 54.4 Å². The standard InChI is InChI=1S/C19H25N5O2/c1-5-10-20-19(22-12-17(25)24(3)4)21-11-16-13-26-18(23-16)15-8-6-14(2)7-9-15/h5-9,13H,1,10-12H2,2-4H3,(H2,20,21,22). The van der Waals surface area contributed by atoms with E-state index in [4.69, 9.17) is 4.42 Å². The number of aliphatic imine (C=N–C) groups is 1. The van der Waals surface area contributed by atoms with Gasteiger partial charge in [-0.3, -0.25) is 4.79 Å². The largest absolute Gasteiger partial charge is 0.444 e. The van der Waals surface area contributed by atoms with Crippen molar-refractivity contribution in [2.45, 2.75) is 13.5 Å². The molecule has 0 radical (unpaired) electrons. The van der Waals surface area contributed by atoms with Crippen molar-refractivity contribution >= 4 is 11.9 Å². The van der Waals surface area contributed by atoms with Crippen LogP contribution in [0.3, 0.4) is 0 Å². The molecule has 1 amide bonds. The summed E-state index contributed by atoms with van der Waals surface area (Å²) in [6.07, 6.45) is 3.31. The highest BCUT2D eigenvalue weighted by Gasteiger charge is 2.08. The molecule has 0 bridgehead atoms. The molecule has 0 saturated carbocycles. The van der Waals surface area contributed by atoms with E-state index >= 15 is 0 Å². The summed E-state index contributed by atoms with van der Waals surface area (Å²) in [4.78, 5) is 22.1. The second-order valence-corrected chi connectivity index (χ2v) is 5.99. The molecule has 2 rings (SSSR count). The normalized spacial score (nSPS) is 11.1. The first-order valence-electron chi connectivity index (χ1n) is 8.34. The number of carbonyl (C=O) groups excluding carboxylic acids is 1. The topological polar surface area (TPSA) is 82.8 Å². The predicted octanol–water partition coefficient (Wildman–Crippen LogP) is 1.96. The van der Waals surface area contributed by atoms with E-state index in [2.05, 4.69) is 27.2 Å². The van der Waals surface area contributed by atoms with E-state index in [-0.39, 0.29) is 12.5 Å². The van der Waals surface area contributed by atoms with Crippen molar-refractivity contribution in [2.75, 3.05) is 27.2 Å². The Morgan fingerprint density at radius 3 is 2.69 bits per heavy atom. The maximum Gasteiger partial charge on any atom is 0.241 e. The van der Waals surface area contributed by atoms with Gasteiger partial charge in [0.25, 0.3) is 0 Å². The smallest absolute Gasteiger partial charge is 0.241 e. The van der Waals surface area contributed by atoms with Gasteiger partial charge in [0.2, 0.25) is 11.8 Å². The highest BCUT2D eigenvalue weighted by molar-refractivity contribution is 5.86. The maximum atomic E-state index is 11.7. The van der Waals surface area contributed by atoms with Crippen LogP contribution in [-0.4, -0.2) is 48.9 Å². The average Bonchev–Trinajstić information content (AvgIpc) is 3.10. The van der Waals surface area contributed by atoms with Gasteiger partial charge in [0.15, 0.2) is 5.96 Å². The van der Waals surface area contributed by atoms with Crippen molar-refractivity contribution in [1.29, 1.82) is 0 Å². The van der Waals surface area contributed by atoms with Gasteiger partial charge < -0.3 is 20.0 Å². The zero-order valence-electron chi connectivity index (χ0n) is 15.5. The third kappa shape index (κ3) is 5.77. The van der Waals surface area contributed by atoms with Crippen LogP contribution in [0.25, 0.3) is 11.5 Å². The molecule has 0 unspecified atom stereocenters. The van der Waals surface area contributed by atoms with Gasteiger partial charge in [0, 0.05) is 26.2 Å². The molecule has 2 N–H and O–H groups in total. The molecule has 26 heavy (non-hydrogen) atoms. The Bertz CT molecular complexity index is 762. The number of nitrogens with zero attached hydrogens (tertiary/aromatic N) is 3. The van der Waals surface area contributed by atoms with Crippen LogP contribution < -0.4 is 10.6 Å². The molecular formula is C19H25N5O2. The molecule has 0 saturated heterocycles. The number of oxazole rings is 1. The van der Waals surface area contributed by atoms with Crippen molar-refractivity contribution in [2.24, 2.45) is 4.99 Å². The molecule has 1 aromatic carbocycles. The highest BCUT2D eigenvalue weighted by Crippen LogP contribution is 2.19. The Balaban J connectivity index is 2.02. The van der Waals surface area contributed by atoms with E-state index in [1.54, 1.807) is 26.4 Å². The van der Waals surface area contributed by atoms with Crippen LogP contribution in [-0.2, 0) is 11.3 Å². The van der Waals surface area contributed by atoms with Gasteiger partial charge in [-0.1, -0.05) is 23.8 Å². The summed E-state index contributed by atoms with van der Waals surface area (Å²) < 4.78 is 5.54. The summed E-state index contributed by atoms with van der Waals surface area (Å²) in [6.45, 7) is 6.73. The van der Waals surface area contributed by atoms with E-state index in [1.165, 1.54) is 10.5 Å². The molecule has 2 aromatic rings. The number of rotatable bonds is 7. The number of hydrogen-bond donors (Lipinski definition) is 2. The molecule has 138 valence electrons. The molecule has 0 aliphatic heterocycles. The van der Waals surface area contributed by atoms with Crippen LogP contribution in [0.15, 0.2) is 52.6 Å². The molecule has 0 spiro atoms. The molecule has 0 aliphatic carbocycles. The first-order chi connectivity index (χ1) is 12.5. The Hall–Kier alpha value is -3.09. The average molecular weight is 355 g/mol. The summed E-state index contributed by atoms with van der Waals surface area (Å²) >= 11 is 0. The zero-order chi connectivity index (χ0) is 18.9. The fourth-order valence-corrected chi connectivity index (χ4v) is 2.03. The third-order valence-corrected chi connectivity index (χ3v) is 3.57. The van der Waals surface area contributed by atoms with E-state index in [0.29, 0.717) is 30.6 Å². The van der Waals surface area contributed by atoms with Crippen LogP contribution in [0.5, 0.6) is 0 Å². The lowest BCUT2D eigenvalue weighted by Gasteiger charge is -2.14. The van der Waals surface area contributed by atoms with E-state index in [1.807, 2.05) is 31.2 Å². The molecule has 7 heteroatoms. The molecule has 0 aliphatic rings. The number of amides is 1. The van der Waals surface area contributed by atoms with Crippen molar-refractivity contribution < 1.29 is 9.21 Å². The first-order valence-corrected chi connectivity index (χ1v) is 8.34. The van der Waals surface area contributed by atoms with Crippen LogP contribution in [0.1, 0.15) is 11.3 Å². The van der Waals surface area contributed by atoms with E-state index in [0.717, 1.165) is 5.56 Å². The number of aryl methyl sites for hydroxylation is 1. The fraction of sp³-hybridized carbons (Fsp3) is 0.316. The van der Waals surface area contributed by atoms with Gasteiger partial charge in [-0.2, -0.15) is 0 Å². The number of aromatic nitrogens is 1. The molecule has 1 heterocycles. The number of hydrogen-bond acceptors (Lipinski definition) is 4. The predicted molar refractivity (Wildman–Crippen MR) is 103 cm³/mol. The van der Waals surface area contributed by atoms with Gasteiger partial charge in [0.05, 0.1) is 13.1 Å². The summed E-state index contributed by atoms with van der Waals surface area (Å²) in [6, 6.07) is 7.97. The van der Waals surface area contributed by atoms with Crippen LogP contribution >= 0.6 is 0 Å². The zero-order valence-corrected chi connectivity index (χ0v) is 15.5. The molecule has 0 fully saturated rings. The minimum atomic E-state index is -0.0406. The number of carbonyl (C=O) groups is 1. The van der Waals surface area contributed by atoms with Crippen molar-refractivity contribution in [3.8, 4) is 11.5 Å². The lowest BCUT2D eigenvalue weighted by Crippen LogP contribution is -2.43. The molecule has 0 atom stereocenters. The lowest BCUT2D eigenvalue weighted by molar-refractivity contribution is -0.127. The monoisotopic (exact) mass is 355 g/mol. The second-order valence-electron chi connectivity index (χ2n) is 5.99. The second kappa shape index (κ2) is 9.41.